The molecule has 22 heavy (non-hydrogen) atoms. The fourth-order valence-corrected chi connectivity index (χ4v) is 2.50. The van der Waals surface area contributed by atoms with Gasteiger partial charge < -0.3 is 4.90 Å². The van der Waals surface area contributed by atoms with E-state index in [4.69, 9.17) is 0 Å². The van der Waals surface area contributed by atoms with E-state index < -0.39 is 0 Å². The third-order valence-corrected chi connectivity index (χ3v) is 3.77. The topological polar surface area (TPSA) is 20.3 Å². The lowest BCUT2D eigenvalue weighted by Gasteiger charge is -2.23. The first kappa shape index (κ1) is 16.0. The normalized spacial score (nSPS) is 11.7. The number of hydrogen-bond donors (Lipinski definition) is 0. The third-order valence-electron chi connectivity index (χ3n) is 3.77. The molecule has 0 saturated heterocycles. The zero-order chi connectivity index (χ0) is 15.8. The number of nitrogens with zero attached hydrogens (tertiary/aromatic N) is 1. The molecule has 114 valence electrons. The Bertz CT molecular complexity index is 592. The van der Waals surface area contributed by atoms with Crippen LogP contribution in [-0.4, -0.2) is 17.4 Å². The molecule has 0 spiro atoms. The van der Waals surface area contributed by atoms with Crippen LogP contribution < -0.4 is 0 Å². The van der Waals surface area contributed by atoms with Gasteiger partial charge in [0.2, 0.25) is 5.91 Å². The first-order chi connectivity index (χ1) is 10.7. The van der Waals surface area contributed by atoms with Crippen molar-refractivity contribution >= 4 is 5.91 Å². The Balaban J connectivity index is 2.01. The number of rotatable bonds is 7. The fourth-order valence-electron chi connectivity index (χ4n) is 2.50. The lowest BCUT2D eigenvalue weighted by atomic mass is 9.97. The van der Waals surface area contributed by atoms with Crippen LogP contribution in [0.3, 0.4) is 0 Å². The maximum Gasteiger partial charge on any atom is 0.223 e. The minimum Gasteiger partial charge on any atom is -0.335 e. The van der Waals surface area contributed by atoms with Gasteiger partial charge in [-0.25, -0.2) is 0 Å². The Labute approximate surface area is 133 Å². The first-order valence-electron chi connectivity index (χ1n) is 7.68. The van der Waals surface area contributed by atoms with Crippen molar-refractivity contribution in [1.82, 2.24) is 4.90 Å². The van der Waals surface area contributed by atoms with Gasteiger partial charge in [0.05, 0.1) is 0 Å². The van der Waals surface area contributed by atoms with Crippen molar-refractivity contribution in [2.45, 2.75) is 25.8 Å². The number of carbonyl (C=O) groups is 1. The zero-order valence-electron chi connectivity index (χ0n) is 13.1. The molecule has 2 aromatic rings. The van der Waals surface area contributed by atoms with E-state index in [9.17, 15) is 4.79 Å². The van der Waals surface area contributed by atoms with Crippen LogP contribution in [0.25, 0.3) is 0 Å². The van der Waals surface area contributed by atoms with E-state index in [1.807, 2.05) is 53.4 Å². The zero-order valence-corrected chi connectivity index (χ0v) is 13.1. The van der Waals surface area contributed by atoms with Gasteiger partial charge in [0.25, 0.3) is 0 Å². The molecule has 0 radical (unpaired) electrons. The molecule has 2 nitrogen and oxygen atoms in total. The van der Waals surface area contributed by atoms with Crippen LogP contribution in [0.15, 0.2) is 73.3 Å². The first-order valence-corrected chi connectivity index (χ1v) is 7.68. The SMILES string of the molecule is C=CCN(Cc1ccccc1)C(=O)CC(C)c1ccccc1. The van der Waals surface area contributed by atoms with Gasteiger partial charge in [-0.05, 0) is 17.0 Å². The van der Waals surface area contributed by atoms with Crippen LogP contribution in [0.4, 0.5) is 0 Å². The summed E-state index contributed by atoms with van der Waals surface area (Å²) in [5.41, 5.74) is 2.35. The molecular weight excluding hydrogens is 270 g/mol. The molecule has 1 unspecified atom stereocenters. The van der Waals surface area contributed by atoms with Crippen molar-refractivity contribution in [2.24, 2.45) is 0 Å². The Kier molecular flexibility index (Phi) is 5.96. The van der Waals surface area contributed by atoms with Crippen molar-refractivity contribution in [3.8, 4) is 0 Å². The Morgan fingerprint density at radius 2 is 1.68 bits per heavy atom. The second kappa shape index (κ2) is 8.18. The van der Waals surface area contributed by atoms with Crippen LogP contribution in [0.1, 0.15) is 30.4 Å². The molecular formula is C20H23NO. The van der Waals surface area contributed by atoms with E-state index in [-0.39, 0.29) is 11.8 Å². The highest BCUT2D eigenvalue weighted by atomic mass is 16.2. The lowest BCUT2D eigenvalue weighted by Crippen LogP contribution is -2.31. The maximum atomic E-state index is 12.6. The summed E-state index contributed by atoms with van der Waals surface area (Å²) >= 11 is 0. The van der Waals surface area contributed by atoms with Gasteiger partial charge in [-0.2, -0.15) is 0 Å². The number of benzene rings is 2. The van der Waals surface area contributed by atoms with Gasteiger partial charge in [-0.1, -0.05) is 73.7 Å². The lowest BCUT2D eigenvalue weighted by molar-refractivity contribution is -0.131. The third kappa shape index (κ3) is 4.59. The van der Waals surface area contributed by atoms with Gasteiger partial charge in [-0.3, -0.25) is 4.79 Å². The van der Waals surface area contributed by atoms with Crippen molar-refractivity contribution in [3.05, 3.63) is 84.4 Å². The highest BCUT2D eigenvalue weighted by Crippen LogP contribution is 2.20. The Morgan fingerprint density at radius 3 is 2.27 bits per heavy atom. The molecule has 1 atom stereocenters. The average molecular weight is 293 g/mol. The summed E-state index contributed by atoms with van der Waals surface area (Å²) in [5, 5.41) is 0. The van der Waals surface area contributed by atoms with Crippen LogP contribution in [0, 0.1) is 0 Å². The number of carbonyl (C=O) groups excluding carboxylic acids is 1. The molecule has 0 saturated carbocycles. The molecule has 2 aromatic carbocycles. The standard InChI is InChI=1S/C20H23NO/c1-3-14-21(16-18-10-6-4-7-11-18)20(22)15-17(2)19-12-8-5-9-13-19/h3-13,17H,1,14-16H2,2H3. The van der Waals surface area contributed by atoms with Crippen molar-refractivity contribution < 1.29 is 4.79 Å². The molecule has 2 heteroatoms. The maximum absolute atomic E-state index is 12.6. The van der Waals surface area contributed by atoms with Crippen molar-refractivity contribution in [3.63, 3.8) is 0 Å². The molecule has 2 rings (SSSR count). The number of amides is 1. The van der Waals surface area contributed by atoms with E-state index in [0.29, 0.717) is 19.5 Å². The summed E-state index contributed by atoms with van der Waals surface area (Å²) in [7, 11) is 0. The summed E-state index contributed by atoms with van der Waals surface area (Å²) < 4.78 is 0. The molecule has 1 amide bonds. The monoisotopic (exact) mass is 293 g/mol. The smallest absolute Gasteiger partial charge is 0.223 e. The predicted octanol–water partition coefficient (Wildman–Crippen LogP) is 4.40. The van der Waals surface area contributed by atoms with Crippen molar-refractivity contribution in [1.29, 1.82) is 0 Å². The summed E-state index contributed by atoms with van der Waals surface area (Å²) in [5.74, 6) is 0.386. The van der Waals surface area contributed by atoms with Gasteiger partial charge in [0.1, 0.15) is 0 Å². The highest BCUT2D eigenvalue weighted by Gasteiger charge is 2.17. The highest BCUT2D eigenvalue weighted by molar-refractivity contribution is 5.77. The van der Waals surface area contributed by atoms with Gasteiger partial charge in [0, 0.05) is 19.5 Å². The largest absolute Gasteiger partial charge is 0.335 e. The van der Waals surface area contributed by atoms with Crippen LogP contribution in [0.5, 0.6) is 0 Å². The predicted molar refractivity (Wildman–Crippen MR) is 91.5 cm³/mol. The van der Waals surface area contributed by atoms with Gasteiger partial charge in [-0.15, -0.1) is 6.58 Å². The second-order valence-corrected chi connectivity index (χ2v) is 5.56. The van der Waals surface area contributed by atoms with Crippen LogP contribution >= 0.6 is 0 Å². The molecule has 0 fully saturated rings. The molecule has 0 aromatic heterocycles. The van der Waals surface area contributed by atoms with E-state index in [1.165, 1.54) is 5.56 Å². The summed E-state index contributed by atoms with van der Waals surface area (Å²) in [6.07, 6.45) is 2.30. The minimum atomic E-state index is 0.167. The van der Waals surface area contributed by atoms with E-state index in [1.54, 1.807) is 6.08 Å². The molecule has 0 N–H and O–H groups in total. The van der Waals surface area contributed by atoms with Gasteiger partial charge in [0.15, 0.2) is 0 Å². The van der Waals surface area contributed by atoms with Crippen LogP contribution in [-0.2, 0) is 11.3 Å². The summed E-state index contributed by atoms with van der Waals surface area (Å²) in [6, 6.07) is 20.3. The van der Waals surface area contributed by atoms with Gasteiger partial charge >= 0.3 is 0 Å². The summed E-state index contributed by atoms with van der Waals surface area (Å²) in [6.45, 7) is 7.08. The molecule has 0 aliphatic heterocycles. The molecule has 0 aliphatic rings. The van der Waals surface area contributed by atoms with E-state index in [0.717, 1.165) is 5.56 Å². The quantitative estimate of drug-likeness (QED) is 0.693. The average Bonchev–Trinajstić information content (AvgIpc) is 2.56. The van der Waals surface area contributed by atoms with E-state index >= 15 is 0 Å². The Morgan fingerprint density at radius 1 is 1.09 bits per heavy atom. The Hall–Kier alpha value is -2.35. The molecule has 0 heterocycles. The number of hydrogen-bond acceptors (Lipinski definition) is 1. The van der Waals surface area contributed by atoms with Crippen LogP contribution in [0.2, 0.25) is 0 Å². The molecule has 0 aliphatic carbocycles. The van der Waals surface area contributed by atoms with E-state index in [2.05, 4.69) is 25.6 Å². The minimum absolute atomic E-state index is 0.167. The fraction of sp³-hybridized carbons (Fsp3) is 0.250. The molecule has 0 bridgehead atoms. The second-order valence-electron chi connectivity index (χ2n) is 5.56. The summed E-state index contributed by atoms with van der Waals surface area (Å²) in [4.78, 5) is 14.5. The van der Waals surface area contributed by atoms with Crippen molar-refractivity contribution in [2.75, 3.05) is 6.54 Å².